The highest BCUT2D eigenvalue weighted by Gasteiger charge is 2.26. The summed E-state index contributed by atoms with van der Waals surface area (Å²) in [5, 5.41) is 20.9. The molecule has 0 saturated heterocycles. The van der Waals surface area contributed by atoms with E-state index in [1.165, 1.54) is 26.1 Å². The van der Waals surface area contributed by atoms with Crippen LogP contribution in [-0.2, 0) is 11.9 Å². The summed E-state index contributed by atoms with van der Waals surface area (Å²) in [4.78, 5) is 34.5. The summed E-state index contributed by atoms with van der Waals surface area (Å²) in [6, 6.07) is 4.41. The molecule has 2 aromatic heterocycles. The van der Waals surface area contributed by atoms with E-state index in [1.807, 2.05) is 22.6 Å². The first-order valence-corrected chi connectivity index (χ1v) is 9.74. The molecule has 0 radical (unpaired) electrons. The lowest BCUT2D eigenvalue weighted by Gasteiger charge is -2.16. The van der Waals surface area contributed by atoms with Crippen LogP contribution >= 0.6 is 22.6 Å². The van der Waals surface area contributed by atoms with Gasteiger partial charge in [0.2, 0.25) is 0 Å². The first kappa shape index (κ1) is 22.1. The largest absolute Gasteiger partial charge is 0.440 e. The van der Waals surface area contributed by atoms with Crippen LogP contribution in [0.5, 0.6) is 0 Å². The van der Waals surface area contributed by atoms with Crippen molar-refractivity contribution < 1.29 is 28.7 Å². The zero-order chi connectivity index (χ0) is 22.0. The van der Waals surface area contributed by atoms with Crippen LogP contribution < -0.4 is 16.4 Å². The van der Waals surface area contributed by atoms with Crippen LogP contribution in [0.2, 0.25) is 0 Å². The van der Waals surface area contributed by atoms with Gasteiger partial charge in [-0.1, -0.05) is 0 Å². The van der Waals surface area contributed by atoms with Gasteiger partial charge in [0, 0.05) is 17.5 Å². The van der Waals surface area contributed by atoms with Crippen molar-refractivity contribution in [3.05, 3.63) is 49.4 Å². The number of amides is 1. The van der Waals surface area contributed by atoms with Crippen molar-refractivity contribution in [1.82, 2.24) is 15.0 Å². The third-order valence-corrected chi connectivity index (χ3v) is 4.77. The van der Waals surface area contributed by atoms with Crippen molar-refractivity contribution in [2.24, 2.45) is 7.05 Å². The van der Waals surface area contributed by atoms with Crippen LogP contribution in [0.15, 0.2) is 27.4 Å². The molecule has 30 heavy (non-hydrogen) atoms. The number of aliphatic hydroxyl groups excluding tert-OH is 2. The molecule has 0 aliphatic carbocycles. The van der Waals surface area contributed by atoms with Gasteiger partial charge in [-0.15, -0.1) is 0 Å². The second-order valence-corrected chi connectivity index (χ2v) is 7.57. The maximum atomic E-state index is 14.4. The van der Waals surface area contributed by atoms with Crippen molar-refractivity contribution in [2.45, 2.75) is 13.0 Å². The lowest BCUT2D eigenvalue weighted by molar-refractivity contribution is -0.0294. The summed E-state index contributed by atoms with van der Waals surface area (Å²) in [6.45, 7) is 0.586. The molecular weight excluding hydrogens is 514 g/mol. The maximum absolute atomic E-state index is 14.4. The van der Waals surface area contributed by atoms with Gasteiger partial charge in [0.15, 0.2) is 17.0 Å². The van der Waals surface area contributed by atoms with Gasteiger partial charge in [0.05, 0.1) is 12.3 Å². The Morgan fingerprint density at radius 1 is 1.47 bits per heavy atom. The fourth-order valence-electron chi connectivity index (χ4n) is 2.66. The molecule has 0 aliphatic rings. The average molecular weight is 532 g/mol. The molecule has 1 aromatic carbocycles. The predicted octanol–water partition coefficient (Wildman–Crippen LogP) is 1.34. The number of benzene rings is 1. The number of aromatic nitrogens is 2. The van der Waals surface area contributed by atoms with Crippen molar-refractivity contribution >= 4 is 51.1 Å². The predicted molar refractivity (Wildman–Crippen MR) is 113 cm³/mol. The highest BCUT2D eigenvalue weighted by Crippen LogP contribution is 2.28. The van der Waals surface area contributed by atoms with E-state index in [9.17, 15) is 19.1 Å². The number of aliphatic hydroxyl groups is 2. The number of hydroxylamine groups is 1. The number of hydrogen-bond acceptors (Lipinski definition) is 8. The Morgan fingerprint density at radius 3 is 2.87 bits per heavy atom. The zero-order valence-electron chi connectivity index (χ0n) is 15.9. The molecule has 0 unspecified atom stereocenters. The van der Waals surface area contributed by atoms with Crippen LogP contribution in [0, 0.1) is 16.3 Å². The first-order valence-electron chi connectivity index (χ1n) is 8.66. The highest BCUT2D eigenvalue weighted by molar-refractivity contribution is 14.1. The van der Waals surface area contributed by atoms with Gasteiger partial charge in [0.1, 0.15) is 29.9 Å². The van der Waals surface area contributed by atoms with Crippen LogP contribution in [0.4, 0.5) is 15.9 Å². The van der Waals surface area contributed by atoms with Gasteiger partial charge in [-0.2, -0.15) is 0 Å². The average Bonchev–Trinajstić information content (AvgIpc) is 3.08. The summed E-state index contributed by atoms with van der Waals surface area (Å²) in [5.74, 6) is -1.31. The lowest BCUT2D eigenvalue weighted by atomic mass is 10.2. The highest BCUT2D eigenvalue weighted by atomic mass is 127. The molecule has 3 rings (SSSR count). The third-order valence-electron chi connectivity index (χ3n) is 4.10. The molecule has 1 atom stereocenters. The number of hydrogen-bond donors (Lipinski definition) is 4. The smallest absolute Gasteiger partial charge is 0.282 e. The number of rotatable bonds is 7. The van der Waals surface area contributed by atoms with E-state index in [0.717, 1.165) is 4.57 Å². The van der Waals surface area contributed by atoms with E-state index in [-0.39, 0.29) is 40.7 Å². The number of pyridine rings is 1. The number of fused-ring (bicyclic) bond motifs is 1. The van der Waals surface area contributed by atoms with Gasteiger partial charge in [-0.05, 0) is 40.8 Å². The third kappa shape index (κ3) is 4.45. The Morgan fingerprint density at radius 2 is 2.20 bits per heavy atom. The van der Waals surface area contributed by atoms with E-state index in [0.29, 0.717) is 3.57 Å². The minimum Gasteiger partial charge on any atom is -0.440 e. The van der Waals surface area contributed by atoms with Gasteiger partial charge >= 0.3 is 0 Å². The minimum atomic E-state index is -1.20. The molecule has 4 N–H and O–H groups in total. The number of nitrogens with zero attached hydrogens (tertiary/aromatic N) is 2. The van der Waals surface area contributed by atoms with Gasteiger partial charge in [-0.3, -0.25) is 19.0 Å². The number of oxazole rings is 1. The molecule has 12 heteroatoms. The minimum absolute atomic E-state index is 0.0340. The summed E-state index contributed by atoms with van der Waals surface area (Å²) in [7, 11) is 1.39. The van der Waals surface area contributed by atoms with Gasteiger partial charge in [0.25, 0.3) is 11.5 Å². The van der Waals surface area contributed by atoms with E-state index in [1.54, 1.807) is 6.07 Å². The molecular formula is C18H18FIN4O6. The van der Waals surface area contributed by atoms with Crippen molar-refractivity contribution in [2.75, 3.05) is 18.5 Å². The molecule has 0 bridgehead atoms. The van der Waals surface area contributed by atoms with Gasteiger partial charge in [-0.25, -0.2) is 14.9 Å². The molecule has 10 nitrogen and oxygen atoms in total. The number of carbonyl (C=O) groups is 1. The SMILES string of the molecule is Cc1nc2c(=O)n(C)c(Nc3ccc(I)cc3F)c(C(=O)NOC[C@H](O)CO)c2o1. The molecule has 3 aromatic rings. The summed E-state index contributed by atoms with van der Waals surface area (Å²) in [5.41, 5.74) is 1.26. The quantitative estimate of drug-likeness (QED) is 0.264. The van der Waals surface area contributed by atoms with Crippen LogP contribution in [0.1, 0.15) is 16.2 Å². The monoisotopic (exact) mass is 532 g/mol. The van der Waals surface area contributed by atoms with Crippen molar-refractivity contribution in [3.63, 3.8) is 0 Å². The van der Waals surface area contributed by atoms with E-state index in [4.69, 9.17) is 14.4 Å². The molecule has 0 saturated carbocycles. The number of halogens is 2. The fourth-order valence-corrected chi connectivity index (χ4v) is 3.11. The second kappa shape index (κ2) is 9.07. The van der Waals surface area contributed by atoms with Gasteiger partial charge < -0.3 is 19.9 Å². The van der Waals surface area contributed by atoms with Crippen LogP contribution in [-0.4, -0.2) is 45.0 Å². The second-order valence-electron chi connectivity index (χ2n) is 6.33. The Bertz CT molecular complexity index is 1160. The topological polar surface area (TPSA) is 139 Å². The number of carbonyl (C=O) groups excluding carboxylic acids is 1. The number of anilines is 2. The molecule has 0 spiro atoms. The van der Waals surface area contributed by atoms with E-state index >= 15 is 0 Å². The van der Waals surface area contributed by atoms with E-state index in [2.05, 4.69) is 15.8 Å². The first-order chi connectivity index (χ1) is 14.2. The molecule has 0 aliphatic heterocycles. The molecule has 160 valence electrons. The molecule has 2 heterocycles. The van der Waals surface area contributed by atoms with Crippen molar-refractivity contribution in [1.29, 1.82) is 0 Å². The fraction of sp³-hybridized carbons (Fsp3) is 0.278. The Labute approximate surface area is 182 Å². The lowest BCUT2D eigenvalue weighted by Crippen LogP contribution is -2.32. The number of aryl methyl sites for hydroxylation is 1. The number of nitrogens with one attached hydrogen (secondary N) is 2. The standard InChI is InChI=1S/C18H18FIN4O6/c1-8-21-14-15(30-8)13(17(27)23-29-7-10(26)6-25)16(24(2)18(14)28)22-12-4-3-9(20)5-11(12)19/h3-5,10,22,25-26H,6-7H2,1-2H3,(H,23,27)/t10-/m1/s1. The Hall–Kier alpha value is -2.55. The van der Waals surface area contributed by atoms with E-state index < -0.39 is 30.0 Å². The van der Waals surface area contributed by atoms with Crippen LogP contribution in [0.3, 0.4) is 0 Å². The Kier molecular flexibility index (Phi) is 6.70. The summed E-state index contributed by atoms with van der Waals surface area (Å²) < 4.78 is 21.6. The summed E-state index contributed by atoms with van der Waals surface area (Å²) in [6.07, 6.45) is -1.20. The zero-order valence-corrected chi connectivity index (χ0v) is 18.1. The maximum Gasteiger partial charge on any atom is 0.282 e. The molecule has 1 amide bonds. The Balaban J connectivity index is 2.10. The summed E-state index contributed by atoms with van der Waals surface area (Å²) >= 11 is 1.96. The van der Waals surface area contributed by atoms with Crippen LogP contribution in [0.25, 0.3) is 11.1 Å². The normalized spacial score (nSPS) is 12.2. The molecule has 0 fully saturated rings. The van der Waals surface area contributed by atoms with Crippen molar-refractivity contribution in [3.8, 4) is 0 Å².